The Hall–Kier alpha value is -0.720. The Bertz CT molecular complexity index is 503. The average molecular weight is 317 g/mol. The van der Waals surface area contributed by atoms with E-state index in [2.05, 4.69) is 29.4 Å². The van der Waals surface area contributed by atoms with E-state index in [0.29, 0.717) is 5.69 Å². The molecule has 1 saturated heterocycles. The maximum absolute atomic E-state index is 12.6. The highest BCUT2D eigenvalue weighted by molar-refractivity contribution is 8.00. The molecule has 0 saturated carbocycles. The molecular formula is C13H21ClN4OS. The van der Waals surface area contributed by atoms with Crippen LogP contribution >= 0.6 is 24.2 Å². The number of nitrogens with zero attached hydrogens (tertiary/aromatic N) is 2. The summed E-state index contributed by atoms with van der Waals surface area (Å²) in [6.07, 6.45) is 0.928. The van der Waals surface area contributed by atoms with E-state index in [-0.39, 0.29) is 23.1 Å². The second kappa shape index (κ2) is 5.95. The van der Waals surface area contributed by atoms with Gasteiger partial charge >= 0.3 is 0 Å². The van der Waals surface area contributed by atoms with E-state index >= 15 is 0 Å². The van der Waals surface area contributed by atoms with Crippen molar-refractivity contribution in [1.82, 2.24) is 20.4 Å². The van der Waals surface area contributed by atoms with Crippen molar-refractivity contribution in [1.29, 1.82) is 0 Å². The Morgan fingerprint density at radius 3 is 3.00 bits per heavy atom. The lowest BCUT2D eigenvalue weighted by molar-refractivity contribution is 0.0740. The van der Waals surface area contributed by atoms with Crippen LogP contribution in [0.2, 0.25) is 0 Å². The fourth-order valence-electron chi connectivity index (χ4n) is 2.74. The molecule has 7 heteroatoms. The average Bonchev–Trinajstić information content (AvgIpc) is 2.80. The van der Waals surface area contributed by atoms with Crippen LogP contribution in [0.25, 0.3) is 0 Å². The number of carbonyl (C=O) groups excluding carboxylic acids is 1. The smallest absolute Gasteiger partial charge is 0.274 e. The summed E-state index contributed by atoms with van der Waals surface area (Å²) in [5, 5.41) is 10.6. The summed E-state index contributed by atoms with van der Waals surface area (Å²) in [7, 11) is 0. The van der Waals surface area contributed by atoms with Gasteiger partial charge in [0.2, 0.25) is 0 Å². The van der Waals surface area contributed by atoms with Crippen molar-refractivity contribution in [3.63, 3.8) is 0 Å². The highest BCUT2D eigenvalue weighted by atomic mass is 35.5. The summed E-state index contributed by atoms with van der Waals surface area (Å²) in [4.78, 5) is 14.6. The zero-order valence-corrected chi connectivity index (χ0v) is 13.5. The van der Waals surface area contributed by atoms with Gasteiger partial charge in [-0.25, -0.2) is 0 Å². The van der Waals surface area contributed by atoms with E-state index < -0.39 is 0 Å². The molecule has 1 fully saturated rings. The third-order valence-corrected chi connectivity index (χ3v) is 5.02. The van der Waals surface area contributed by atoms with Gasteiger partial charge in [-0.2, -0.15) is 16.9 Å². The van der Waals surface area contributed by atoms with Gasteiger partial charge in [0.1, 0.15) is 0 Å². The molecule has 3 heterocycles. The zero-order valence-electron chi connectivity index (χ0n) is 11.9. The van der Waals surface area contributed by atoms with Crippen LogP contribution in [-0.2, 0) is 13.0 Å². The molecule has 1 aromatic rings. The number of halogens is 1. The third kappa shape index (κ3) is 2.97. The standard InChI is InChI=1S/C13H20N4OS.ClH/c1-13(2)8-17(5-6-19-13)12(18)11-9-7-14-4-3-10(9)15-16-11;/h14H,3-8H2,1-2H3,(H,15,16);1H. The molecule has 1 amide bonds. The van der Waals surface area contributed by atoms with Crippen molar-refractivity contribution in [2.45, 2.75) is 31.6 Å². The molecule has 0 radical (unpaired) electrons. The minimum Gasteiger partial charge on any atom is -0.335 e. The van der Waals surface area contributed by atoms with E-state index in [4.69, 9.17) is 0 Å². The van der Waals surface area contributed by atoms with E-state index in [1.54, 1.807) is 0 Å². The van der Waals surface area contributed by atoms with Crippen LogP contribution in [0.1, 0.15) is 35.6 Å². The molecule has 0 atom stereocenters. The van der Waals surface area contributed by atoms with Crippen LogP contribution in [0.4, 0.5) is 0 Å². The Morgan fingerprint density at radius 2 is 2.25 bits per heavy atom. The Morgan fingerprint density at radius 1 is 1.45 bits per heavy atom. The minimum absolute atomic E-state index is 0. The normalized spacial score (nSPS) is 21.0. The Balaban J connectivity index is 0.00000147. The number of nitrogens with one attached hydrogen (secondary N) is 2. The second-order valence-corrected chi connectivity index (χ2v) is 7.59. The van der Waals surface area contributed by atoms with Gasteiger partial charge in [-0.05, 0) is 13.8 Å². The maximum Gasteiger partial charge on any atom is 0.274 e. The number of carbonyl (C=O) groups is 1. The predicted octanol–water partition coefficient (Wildman–Crippen LogP) is 1.44. The quantitative estimate of drug-likeness (QED) is 0.823. The minimum atomic E-state index is 0. The van der Waals surface area contributed by atoms with Crippen molar-refractivity contribution in [2.75, 3.05) is 25.4 Å². The molecular weight excluding hydrogens is 296 g/mol. The number of aromatic nitrogens is 2. The monoisotopic (exact) mass is 316 g/mol. The largest absolute Gasteiger partial charge is 0.335 e. The summed E-state index contributed by atoms with van der Waals surface area (Å²) in [5.74, 6) is 1.08. The summed E-state index contributed by atoms with van der Waals surface area (Å²) in [6, 6.07) is 0. The molecule has 0 unspecified atom stereocenters. The molecule has 112 valence electrons. The molecule has 3 rings (SSSR count). The van der Waals surface area contributed by atoms with E-state index in [9.17, 15) is 4.79 Å². The van der Waals surface area contributed by atoms with Crippen LogP contribution < -0.4 is 5.32 Å². The first-order valence-electron chi connectivity index (χ1n) is 6.77. The van der Waals surface area contributed by atoms with Crippen molar-refractivity contribution < 1.29 is 4.79 Å². The van der Waals surface area contributed by atoms with Gasteiger partial charge < -0.3 is 10.2 Å². The summed E-state index contributed by atoms with van der Waals surface area (Å²) in [5.41, 5.74) is 2.80. The molecule has 20 heavy (non-hydrogen) atoms. The fourth-order valence-corrected chi connectivity index (χ4v) is 3.85. The highest BCUT2D eigenvalue weighted by Gasteiger charge is 2.32. The van der Waals surface area contributed by atoms with E-state index in [1.165, 1.54) is 0 Å². The van der Waals surface area contributed by atoms with Crippen LogP contribution in [-0.4, -0.2) is 51.1 Å². The summed E-state index contributed by atoms with van der Waals surface area (Å²) >= 11 is 1.93. The molecule has 2 N–H and O–H groups in total. The van der Waals surface area contributed by atoms with Gasteiger partial charge in [-0.3, -0.25) is 9.89 Å². The van der Waals surface area contributed by atoms with E-state index in [1.807, 2.05) is 16.7 Å². The first kappa shape index (κ1) is 15.7. The number of rotatable bonds is 1. The highest BCUT2D eigenvalue weighted by Crippen LogP contribution is 2.30. The number of hydrogen-bond acceptors (Lipinski definition) is 4. The zero-order chi connectivity index (χ0) is 13.5. The molecule has 0 aromatic carbocycles. The van der Waals surface area contributed by atoms with Crippen LogP contribution in [0.15, 0.2) is 0 Å². The van der Waals surface area contributed by atoms with E-state index in [0.717, 1.165) is 49.6 Å². The van der Waals surface area contributed by atoms with Gasteiger partial charge in [0.05, 0.1) is 0 Å². The molecule has 2 aliphatic rings. The van der Waals surface area contributed by atoms with Crippen LogP contribution in [0, 0.1) is 0 Å². The summed E-state index contributed by atoms with van der Waals surface area (Å²) in [6.45, 7) is 7.71. The lowest BCUT2D eigenvalue weighted by atomic mass is 10.1. The fraction of sp³-hybridized carbons (Fsp3) is 0.692. The number of fused-ring (bicyclic) bond motifs is 1. The topological polar surface area (TPSA) is 61.0 Å². The van der Waals surface area contributed by atoms with Crippen LogP contribution in [0.5, 0.6) is 0 Å². The second-order valence-electron chi connectivity index (χ2n) is 5.79. The van der Waals surface area contributed by atoms with Crippen molar-refractivity contribution in [2.24, 2.45) is 0 Å². The third-order valence-electron chi connectivity index (χ3n) is 3.72. The van der Waals surface area contributed by atoms with Gasteiger partial charge in [0.15, 0.2) is 5.69 Å². The number of H-pyrrole nitrogens is 1. The molecule has 0 bridgehead atoms. The summed E-state index contributed by atoms with van der Waals surface area (Å²) < 4.78 is 0.141. The molecule has 1 aromatic heterocycles. The first-order chi connectivity index (χ1) is 9.07. The van der Waals surface area contributed by atoms with Crippen molar-refractivity contribution >= 4 is 30.1 Å². The Kier molecular flexibility index (Phi) is 4.66. The number of aromatic amines is 1. The number of thioether (sulfide) groups is 1. The number of hydrogen-bond donors (Lipinski definition) is 2. The van der Waals surface area contributed by atoms with Gasteiger partial charge in [-0.1, -0.05) is 0 Å². The molecule has 5 nitrogen and oxygen atoms in total. The first-order valence-corrected chi connectivity index (χ1v) is 7.75. The maximum atomic E-state index is 12.6. The molecule has 0 spiro atoms. The lowest BCUT2D eigenvalue weighted by Gasteiger charge is -2.37. The van der Waals surface area contributed by atoms with Gasteiger partial charge in [0, 0.05) is 54.4 Å². The lowest BCUT2D eigenvalue weighted by Crippen LogP contribution is -2.46. The number of amides is 1. The predicted molar refractivity (Wildman–Crippen MR) is 83.7 cm³/mol. The Labute approximate surface area is 129 Å². The SMILES string of the molecule is CC1(C)CN(C(=O)c2n[nH]c3c2CNCC3)CCS1.Cl. The van der Waals surface area contributed by atoms with Crippen molar-refractivity contribution in [3.8, 4) is 0 Å². The van der Waals surface area contributed by atoms with Crippen molar-refractivity contribution in [3.05, 3.63) is 17.0 Å². The van der Waals surface area contributed by atoms with Gasteiger partial charge in [0.25, 0.3) is 5.91 Å². The molecule has 0 aliphatic carbocycles. The van der Waals surface area contributed by atoms with Gasteiger partial charge in [-0.15, -0.1) is 12.4 Å². The molecule has 2 aliphatic heterocycles. The van der Waals surface area contributed by atoms with Crippen LogP contribution in [0.3, 0.4) is 0 Å².